The van der Waals surface area contributed by atoms with E-state index in [-0.39, 0.29) is 5.91 Å². The third-order valence-electron chi connectivity index (χ3n) is 2.97. The van der Waals surface area contributed by atoms with Crippen LogP contribution in [0.2, 0.25) is 0 Å². The molecule has 0 aliphatic rings. The van der Waals surface area contributed by atoms with E-state index in [0.29, 0.717) is 6.54 Å². The van der Waals surface area contributed by atoms with Crippen LogP contribution < -0.4 is 4.90 Å². The Hall–Kier alpha value is -1.69. The van der Waals surface area contributed by atoms with Gasteiger partial charge < -0.3 is 4.90 Å². The van der Waals surface area contributed by atoms with Crippen molar-refractivity contribution >= 4 is 40.3 Å². The van der Waals surface area contributed by atoms with Crippen molar-refractivity contribution in [1.29, 1.82) is 0 Å². The van der Waals surface area contributed by atoms with E-state index >= 15 is 0 Å². The van der Waals surface area contributed by atoms with Crippen LogP contribution in [0, 0.1) is 3.57 Å². The van der Waals surface area contributed by atoms with Gasteiger partial charge in [0.05, 0.1) is 17.9 Å². The number of hydrogen-bond acceptors (Lipinski definition) is 2. The lowest BCUT2D eigenvalue weighted by Gasteiger charge is -2.23. The molecule has 0 radical (unpaired) electrons. The zero-order valence-electron chi connectivity index (χ0n) is 11.2. The molecular formula is C16H15IN2O. The molecule has 20 heavy (non-hydrogen) atoms. The van der Waals surface area contributed by atoms with Crippen molar-refractivity contribution in [3.05, 3.63) is 64.0 Å². The van der Waals surface area contributed by atoms with Crippen LogP contribution in [-0.4, -0.2) is 10.9 Å². The highest BCUT2D eigenvalue weighted by molar-refractivity contribution is 14.1. The van der Waals surface area contributed by atoms with Crippen molar-refractivity contribution in [2.45, 2.75) is 13.5 Å². The quantitative estimate of drug-likeness (QED) is 0.757. The second-order valence-electron chi connectivity index (χ2n) is 4.30. The van der Waals surface area contributed by atoms with Crippen LogP contribution >= 0.6 is 22.6 Å². The average molecular weight is 378 g/mol. The number of hydrogen-bond donors (Lipinski definition) is 0. The SMILES string of the molecule is C=Cc1ccccc1N(Cc1ncccc1I)C(C)=O. The monoisotopic (exact) mass is 378 g/mol. The molecule has 0 fully saturated rings. The number of para-hydroxylation sites is 1. The van der Waals surface area contributed by atoms with E-state index in [4.69, 9.17) is 0 Å². The van der Waals surface area contributed by atoms with Crippen LogP contribution in [0.15, 0.2) is 49.2 Å². The number of carbonyl (C=O) groups is 1. The molecule has 0 spiro atoms. The fraction of sp³-hybridized carbons (Fsp3) is 0.125. The number of nitrogens with zero attached hydrogens (tertiary/aromatic N) is 2. The largest absolute Gasteiger partial charge is 0.306 e. The first-order valence-corrected chi connectivity index (χ1v) is 7.30. The highest BCUT2D eigenvalue weighted by atomic mass is 127. The molecule has 3 nitrogen and oxygen atoms in total. The average Bonchev–Trinajstić information content (AvgIpc) is 2.46. The van der Waals surface area contributed by atoms with Gasteiger partial charge in [-0.25, -0.2) is 0 Å². The van der Waals surface area contributed by atoms with Gasteiger partial charge in [-0.3, -0.25) is 9.78 Å². The fourth-order valence-electron chi connectivity index (χ4n) is 1.96. The first kappa shape index (κ1) is 14.7. The van der Waals surface area contributed by atoms with Crippen LogP contribution in [0.3, 0.4) is 0 Å². The van der Waals surface area contributed by atoms with Gasteiger partial charge in [0.25, 0.3) is 0 Å². The lowest BCUT2D eigenvalue weighted by atomic mass is 10.1. The van der Waals surface area contributed by atoms with Gasteiger partial charge in [0.15, 0.2) is 0 Å². The van der Waals surface area contributed by atoms with E-state index in [1.54, 1.807) is 24.1 Å². The van der Waals surface area contributed by atoms with Crippen molar-refractivity contribution in [3.8, 4) is 0 Å². The molecule has 2 aromatic rings. The standard InChI is InChI=1S/C16H15IN2O/c1-3-13-7-4-5-9-16(13)19(12(2)20)11-15-14(17)8-6-10-18-15/h3-10H,1,11H2,2H3. The molecule has 2 rings (SSSR count). The van der Waals surface area contributed by atoms with Gasteiger partial charge in [-0.15, -0.1) is 0 Å². The van der Waals surface area contributed by atoms with E-state index in [0.717, 1.165) is 20.5 Å². The maximum absolute atomic E-state index is 12.0. The fourth-order valence-corrected chi connectivity index (χ4v) is 2.47. The second kappa shape index (κ2) is 6.65. The van der Waals surface area contributed by atoms with E-state index in [1.807, 2.05) is 36.4 Å². The third-order valence-corrected chi connectivity index (χ3v) is 3.95. The molecule has 0 aliphatic heterocycles. The summed E-state index contributed by atoms with van der Waals surface area (Å²) in [5.74, 6) is -0.0132. The third kappa shape index (κ3) is 3.25. The topological polar surface area (TPSA) is 33.2 Å². The first-order chi connectivity index (χ1) is 9.63. The number of amides is 1. The molecule has 0 bridgehead atoms. The van der Waals surface area contributed by atoms with E-state index in [1.165, 1.54) is 0 Å². The van der Waals surface area contributed by atoms with Crippen LogP contribution in [-0.2, 0) is 11.3 Å². The molecule has 1 heterocycles. The second-order valence-corrected chi connectivity index (χ2v) is 5.46. The zero-order valence-corrected chi connectivity index (χ0v) is 13.4. The molecule has 1 aromatic heterocycles. The van der Waals surface area contributed by atoms with Gasteiger partial charge in [0.1, 0.15) is 0 Å². The summed E-state index contributed by atoms with van der Waals surface area (Å²) in [6, 6.07) is 11.6. The molecule has 0 unspecified atom stereocenters. The lowest BCUT2D eigenvalue weighted by Crippen LogP contribution is -2.29. The van der Waals surface area contributed by atoms with Crippen molar-refractivity contribution in [2.75, 3.05) is 4.90 Å². The maximum Gasteiger partial charge on any atom is 0.224 e. The summed E-state index contributed by atoms with van der Waals surface area (Å²) in [4.78, 5) is 18.1. The summed E-state index contributed by atoms with van der Waals surface area (Å²) in [6.07, 6.45) is 3.50. The lowest BCUT2D eigenvalue weighted by molar-refractivity contribution is -0.116. The molecule has 1 aromatic carbocycles. The number of rotatable bonds is 4. The summed E-state index contributed by atoms with van der Waals surface area (Å²) in [7, 11) is 0. The Morgan fingerprint density at radius 2 is 2.10 bits per heavy atom. The highest BCUT2D eigenvalue weighted by Gasteiger charge is 2.16. The normalized spacial score (nSPS) is 10.1. The summed E-state index contributed by atoms with van der Waals surface area (Å²) in [6.45, 7) is 5.83. The Morgan fingerprint density at radius 3 is 2.75 bits per heavy atom. The summed E-state index contributed by atoms with van der Waals surface area (Å²) in [5, 5.41) is 0. The Labute approximate surface area is 132 Å². The summed E-state index contributed by atoms with van der Waals surface area (Å²) in [5.41, 5.74) is 2.69. The predicted octanol–water partition coefficient (Wildman–Crippen LogP) is 3.88. The molecular weight excluding hydrogens is 363 g/mol. The number of pyridine rings is 1. The van der Waals surface area contributed by atoms with Gasteiger partial charge in [-0.1, -0.05) is 30.9 Å². The van der Waals surface area contributed by atoms with Gasteiger partial charge in [-0.05, 0) is 46.4 Å². The molecule has 1 amide bonds. The Kier molecular flexibility index (Phi) is 4.89. The molecule has 0 saturated heterocycles. The number of aromatic nitrogens is 1. The Morgan fingerprint density at radius 1 is 1.35 bits per heavy atom. The van der Waals surface area contributed by atoms with Crippen LogP contribution in [0.1, 0.15) is 18.2 Å². The van der Waals surface area contributed by atoms with Crippen molar-refractivity contribution in [2.24, 2.45) is 0 Å². The van der Waals surface area contributed by atoms with Crippen molar-refractivity contribution < 1.29 is 4.79 Å². The van der Waals surface area contributed by atoms with E-state index in [9.17, 15) is 4.79 Å². The molecule has 0 N–H and O–H groups in total. The Balaban J connectivity index is 2.40. The van der Waals surface area contributed by atoms with Crippen LogP contribution in [0.5, 0.6) is 0 Å². The zero-order chi connectivity index (χ0) is 14.5. The highest BCUT2D eigenvalue weighted by Crippen LogP contribution is 2.24. The molecule has 102 valence electrons. The predicted molar refractivity (Wildman–Crippen MR) is 90.4 cm³/mol. The number of anilines is 1. The van der Waals surface area contributed by atoms with Gasteiger partial charge >= 0.3 is 0 Å². The van der Waals surface area contributed by atoms with Gasteiger partial charge in [0.2, 0.25) is 5.91 Å². The minimum Gasteiger partial charge on any atom is -0.306 e. The Bertz CT molecular complexity index is 640. The van der Waals surface area contributed by atoms with Gasteiger partial charge in [-0.2, -0.15) is 0 Å². The summed E-state index contributed by atoms with van der Waals surface area (Å²) < 4.78 is 1.05. The number of carbonyl (C=O) groups excluding carboxylic acids is 1. The van der Waals surface area contributed by atoms with Crippen LogP contribution in [0.4, 0.5) is 5.69 Å². The first-order valence-electron chi connectivity index (χ1n) is 6.22. The maximum atomic E-state index is 12.0. The smallest absolute Gasteiger partial charge is 0.224 e. The van der Waals surface area contributed by atoms with Crippen molar-refractivity contribution in [3.63, 3.8) is 0 Å². The minimum atomic E-state index is -0.0132. The van der Waals surface area contributed by atoms with E-state index < -0.39 is 0 Å². The molecule has 0 aliphatic carbocycles. The molecule has 4 heteroatoms. The van der Waals surface area contributed by atoms with Gasteiger partial charge in [0, 0.05) is 16.7 Å². The molecule has 0 atom stereocenters. The number of halogens is 1. The number of benzene rings is 1. The van der Waals surface area contributed by atoms with E-state index in [2.05, 4.69) is 34.2 Å². The summed E-state index contributed by atoms with van der Waals surface area (Å²) >= 11 is 2.23. The van der Waals surface area contributed by atoms with Crippen LogP contribution in [0.25, 0.3) is 6.08 Å². The minimum absolute atomic E-state index is 0.0132. The van der Waals surface area contributed by atoms with Crippen molar-refractivity contribution in [1.82, 2.24) is 4.98 Å². The molecule has 0 saturated carbocycles.